The average Bonchev–Trinajstić information content (AvgIpc) is 2.91. The number of hydrogen-bond acceptors (Lipinski definition) is 7. The van der Waals surface area contributed by atoms with Gasteiger partial charge >= 0.3 is 11.4 Å². The van der Waals surface area contributed by atoms with Gasteiger partial charge in [0.25, 0.3) is 11.1 Å². The maximum Gasteiger partial charge on any atom is 0.328 e. The van der Waals surface area contributed by atoms with Gasteiger partial charge in [0.05, 0.1) is 28.1 Å². The van der Waals surface area contributed by atoms with Crippen molar-refractivity contribution in [1.29, 1.82) is 0 Å². The molecule has 4 rings (SSSR count). The summed E-state index contributed by atoms with van der Waals surface area (Å²) in [4.78, 5) is 55.3. The lowest BCUT2D eigenvalue weighted by Gasteiger charge is -2.20. The van der Waals surface area contributed by atoms with Crippen LogP contribution in [0.5, 0.6) is 0 Å². The molecule has 0 amide bonds. The highest BCUT2D eigenvalue weighted by Gasteiger charge is 2.16. The second-order valence-corrected chi connectivity index (χ2v) is 11.7. The minimum absolute atomic E-state index is 0.107. The van der Waals surface area contributed by atoms with Gasteiger partial charge in [0.15, 0.2) is 0 Å². The van der Waals surface area contributed by atoms with Gasteiger partial charge in [-0.05, 0) is 63.0 Å². The Bertz CT molecular complexity index is 1820. The maximum absolute atomic E-state index is 12.7. The molecule has 214 valence electrons. The minimum Gasteiger partial charge on any atom is -0.317 e. The third kappa shape index (κ3) is 7.03. The highest BCUT2D eigenvalue weighted by molar-refractivity contribution is 7.88. The Morgan fingerprint density at radius 1 is 0.700 bits per heavy atom. The van der Waals surface area contributed by atoms with E-state index in [-0.39, 0.29) is 25.2 Å². The molecule has 2 aromatic carbocycles. The number of hydrogen-bond donors (Lipinski definition) is 3. The van der Waals surface area contributed by atoms with Crippen LogP contribution < -0.4 is 27.8 Å². The van der Waals surface area contributed by atoms with Gasteiger partial charge in [-0.1, -0.05) is 24.3 Å². The molecule has 0 aliphatic carbocycles. The molecule has 0 unspecified atom stereocenters. The van der Waals surface area contributed by atoms with Crippen molar-refractivity contribution >= 4 is 31.8 Å². The number of sulfonamides is 1. The first-order valence-electron chi connectivity index (χ1n) is 13.3. The van der Waals surface area contributed by atoms with Crippen molar-refractivity contribution in [2.75, 3.05) is 32.4 Å². The van der Waals surface area contributed by atoms with Gasteiger partial charge in [-0.2, -0.15) is 0 Å². The van der Waals surface area contributed by atoms with E-state index < -0.39 is 27.0 Å². The monoisotopic (exact) mass is 570 g/mol. The lowest BCUT2D eigenvalue weighted by molar-refractivity contribution is 0.383. The molecule has 0 bridgehead atoms. The van der Waals surface area contributed by atoms with E-state index in [1.54, 1.807) is 48.5 Å². The van der Waals surface area contributed by atoms with Crippen LogP contribution in [0, 0.1) is 0 Å². The average molecular weight is 571 g/mol. The molecular formula is C27H34N6O6S. The van der Waals surface area contributed by atoms with Crippen LogP contribution in [0.4, 0.5) is 0 Å². The zero-order valence-electron chi connectivity index (χ0n) is 22.4. The number of nitrogens with zero attached hydrogens (tertiary/aromatic N) is 3. The third-order valence-electron chi connectivity index (χ3n) is 6.78. The van der Waals surface area contributed by atoms with E-state index in [9.17, 15) is 27.6 Å². The molecule has 13 heteroatoms. The zero-order chi connectivity index (χ0) is 28.7. The first-order valence-corrected chi connectivity index (χ1v) is 15.1. The molecule has 2 aromatic heterocycles. The number of fused-ring (bicyclic) bond motifs is 2. The predicted molar refractivity (Wildman–Crippen MR) is 155 cm³/mol. The Morgan fingerprint density at radius 2 is 1.18 bits per heavy atom. The number of H-pyrrole nitrogens is 2. The molecule has 0 saturated carbocycles. The van der Waals surface area contributed by atoms with Crippen LogP contribution in [0.1, 0.15) is 25.7 Å². The fourth-order valence-electron chi connectivity index (χ4n) is 4.68. The number of aromatic amines is 2. The topological polar surface area (TPSA) is 159 Å². The first kappa shape index (κ1) is 29.2. The largest absolute Gasteiger partial charge is 0.328 e. The maximum atomic E-state index is 12.7. The van der Waals surface area contributed by atoms with E-state index in [4.69, 9.17) is 0 Å². The van der Waals surface area contributed by atoms with E-state index in [0.717, 1.165) is 17.2 Å². The van der Waals surface area contributed by atoms with Crippen LogP contribution in [-0.4, -0.2) is 64.3 Å². The zero-order valence-corrected chi connectivity index (χ0v) is 23.2. The van der Waals surface area contributed by atoms with E-state index >= 15 is 0 Å². The summed E-state index contributed by atoms with van der Waals surface area (Å²) in [6.45, 7) is 2.17. The van der Waals surface area contributed by atoms with E-state index in [1.165, 1.54) is 8.87 Å². The number of benzene rings is 2. The lowest BCUT2D eigenvalue weighted by Crippen LogP contribution is -2.37. The summed E-state index contributed by atoms with van der Waals surface area (Å²) in [7, 11) is -3.46. The molecular weight excluding hydrogens is 536 g/mol. The van der Waals surface area contributed by atoms with E-state index in [2.05, 4.69) is 15.3 Å². The second-order valence-electron chi connectivity index (χ2n) is 9.69. The van der Waals surface area contributed by atoms with Gasteiger partial charge in [0, 0.05) is 26.2 Å². The summed E-state index contributed by atoms with van der Waals surface area (Å²) in [5, 5.41) is 4.15. The fourth-order valence-corrected chi connectivity index (χ4v) is 5.60. The molecule has 12 nitrogen and oxygen atoms in total. The molecule has 0 aliphatic rings. The van der Waals surface area contributed by atoms with Crippen LogP contribution in [0.15, 0.2) is 67.7 Å². The van der Waals surface area contributed by atoms with Crippen molar-refractivity contribution in [1.82, 2.24) is 28.7 Å². The summed E-state index contributed by atoms with van der Waals surface area (Å²) in [6, 6.07) is 13.7. The van der Waals surface area contributed by atoms with Gasteiger partial charge in [-0.15, -0.1) is 0 Å². The Hall–Kier alpha value is -3.81. The van der Waals surface area contributed by atoms with Crippen molar-refractivity contribution in [3.63, 3.8) is 0 Å². The minimum atomic E-state index is -3.46. The number of para-hydroxylation sites is 2. The number of unbranched alkanes of at least 4 members (excludes halogenated alkanes) is 1. The van der Waals surface area contributed by atoms with Crippen LogP contribution in [0.25, 0.3) is 21.8 Å². The standard InChI is InChI=1S/C27H34N6O6S/c1-40(38,39)31(17-9-19-33-25(35)21-11-3-5-13-23(21)30-27(33)37)16-7-6-14-28-15-8-18-32-24(34)20-10-2-4-12-22(20)29-26(32)36/h2-5,10-13,28H,6-9,14-19H2,1H3,(H,29,36)(H,30,37). The Balaban J connectivity index is 1.20. The Morgan fingerprint density at radius 3 is 1.73 bits per heavy atom. The third-order valence-corrected chi connectivity index (χ3v) is 8.09. The molecule has 0 saturated heterocycles. The molecule has 0 atom stereocenters. The van der Waals surface area contributed by atoms with Gasteiger partial charge in [-0.3, -0.25) is 18.7 Å². The number of rotatable bonds is 14. The molecule has 3 N–H and O–H groups in total. The van der Waals surface area contributed by atoms with Gasteiger partial charge in [0.2, 0.25) is 10.0 Å². The van der Waals surface area contributed by atoms with Crippen molar-refractivity contribution in [3.8, 4) is 0 Å². The number of aromatic nitrogens is 4. The molecule has 40 heavy (non-hydrogen) atoms. The highest BCUT2D eigenvalue weighted by atomic mass is 32.2. The van der Waals surface area contributed by atoms with Gasteiger partial charge < -0.3 is 15.3 Å². The van der Waals surface area contributed by atoms with Gasteiger partial charge in [-0.25, -0.2) is 22.3 Å². The highest BCUT2D eigenvalue weighted by Crippen LogP contribution is 2.06. The normalized spacial score (nSPS) is 12.1. The summed E-state index contributed by atoms with van der Waals surface area (Å²) in [5.74, 6) is 0. The summed E-state index contributed by atoms with van der Waals surface area (Å²) in [5.41, 5.74) is -0.667. The first-order chi connectivity index (χ1) is 19.2. The molecule has 4 aromatic rings. The van der Waals surface area contributed by atoms with Crippen molar-refractivity contribution in [2.45, 2.75) is 38.8 Å². The van der Waals surface area contributed by atoms with Crippen LogP contribution in [0.3, 0.4) is 0 Å². The summed E-state index contributed by atoms with van der Waals surface area (Å²) < 4.78 is 28.2. The molecule has 0 fully saturated rings. The van der Waals surface area contributed by atoms with Crippen molar-refractivity contribution in [3.05, 3.63) is 90.2 Å². The van der Waals surface area contributed by atoms with Crippen LogP contribution in [0.2, 0.25) is 0 Å². The molecule has 0 radical (unpaired) electrons. The molecule has 0 spiro atoms. The van der Waals surface area contributed by atoms with Gasteiger partial charge in [0.1, 0.15) is 0 Å². The SMILES string of the molecule is CS(=O)(=O)N(CCCCNCCCn1c(=O)[nH]c2ccccc2c1=O)CCCn1c(=O)[nH]c2ccccc2c1=O. The summed E-state index contributed by atoms with van der Waals surface area (Å²) >= 11 is 0. The Labute approximate surface area is 230 Å². The molecule has 2 heterocycles. The second kappa shape index (κ2) is 13.0. The predicted octanol–water partition coefficient (Wildman–Crippen LogP) is 0.805. The lowest BCUT2D eigenvalue weighted by atomic mass is 10.2. The smallest absolute Gasteiger partial charge is 0.317 e. The van der Waals surface area contributed by atoms with E-state index in [0.29, 0.717) is 60.7 Å². The summed E-state index contributed by atoms with van der Waals surface area (Å²) in [6.07, 6.45) is 3.41. The van der Waals surface area contributed by atoms with Crippen molar-refractivity contribution < 1.29 is 8.42 Å². The van der Waals surface area contributed by atoms with Crippen molar-refractivity contribution in [2.24, 2.45) is 0 Å². The van der Waals surface area contributed by atoms with Crippen LogP contribution >= 0.6 is 0 Å². The Kier molecular flexibility index (Phi) is 9.50. The van der Waals surface area contributed by atoms with Crippen LogP contribution in [-0.2, 0) is 23.1 Å². The quantitative estimate of drug-likeness (QED) is 0.189. The molecule has 0 aliphatic heterocycles. The van der Waals surface area contributed by atoms with E-state index in [1.807, 2.05) is 0 Å². The number of nitrogens with one attached hydrogen (secondary N) is 3. The fraction of sp³-hybridized carbons (Fsp3) is 0.407.